The predicted octanol–water partition coefficient (Wildman–Crippen LogP) is 16.7. The molecule has 0 aromatic rings. The van der Waals surface area contributed by atoms with E-state index in [1.54, 1.807) is 122 Å². The van der Waals surface area contributed by atoms with Gasteiger partial charge in [0.1, 0.15) is 0 Å². The molecule has 0 nitrogen and oxygen atoms in total. The van der Waals surface area contributed by atoms with Crippen molar-refractivity contribution in [2.75, 3.05) is 0 Å². The lowest BCUT2D eigenvalue weighted by molar-refractivity contribution is -0.126. The van der Waals surface area contributed by atoms with Gasteiger partial charge in [-0.1, -0.05) is 145 Å². The Balaban J connectivity index is 1.04. The first kappa shape index (κ1) is 42.1. The molecule has 0 aromatic carbocycles. The lowest BCUT2D eigenvalue weighted by Crippen LogP contribution is -2.54. The van der Waals surface area contributed by atoms with Crippen LogP contribution in [-0.2, 0) is 0 Å². The van der Waals surface area contributed by atoms with Crippen LogP contribution in [-0.4, -0.2) is 0 Å². The molecule has 0 spiro atoms. The van der Waals surface area contributed by atoms with Gasteiger partial charge < -0.3 is 0 Å². The van der Waals surface area contributed by atoms with Gasteiger partial charge in [-0.25, -0.2) is 0 Å². The summed E-state index contributed by atoms with van der Waals surface area (Å²) in [7, 11) is 0. The molecule has 7 aliphatic rings. The summed E-state index contributed by atoms with van der Waals surface area (Å²) in [4.78, 5) is 0. The topological polar surface area (TPSA) is 0 Å². The molecule has 0 amide bonds. The molecule has 312 valence electrons. The van der Waals surface area contributed by atoms with E-state index in [1.165, 1.54) is 44.9 Å². The molecule has 0 saturated heterocycles. The van der Waals surface area contributed by atoms with Crippen LogP contribution in [0.3, 0.4) is 0 Å². The Morgan fingerprint density at radius 2 is 1.00 bits per heavy atom. The predicted molar refractivity (Wildman–Crippen MR) is 235 cm³/mol. The Labute approximate surface area is 339 Å². The zero-order chi connectivity index (χ0) is 37.9. The first-order valence-electron chi connectivity index (χ1n) is 26.2. The van der Waals surface area contributed by atoms with Gasteiger partial charge in [0.25, 0.3) is 0 Å². The number of hydrogen-bond acceptors (Lipinski definition) is 0. The second-order valence-corrected chi connectivity index (χ2v) is 23.3. The van der Waals surface area contributed by atoms with Crippen LogP contribution >= 0.6 is 0 Å². The summed E-state index contributed by atoms with van der Waals surface area (Å²) in [5.41, 5.74) is 0. The van der Waals surface area contributed by atoms with Crippen molar-refractivity contribution >= 4 is 0 Å². The third kappa shape index (κ3) is 8.94. The minimum Gasteiger partial charge on any atom is -0.0654 e. The molecule has 7 fully saturated rings. The van der Waals surface area contributed by atoms with E-state index in [9.17, 15) is 0 Å². The van der Waals surface area contributed by atoms with Crippen LogP contribution in [0, 0.1) is 118 Å². The Morgan fingerprint density at radius 1 is 0.444 bits per heavy atom. The summed E-state index contributed by atoms with van der Waals surface area (Å²) in [5, 5.41) is 0. The summed E-state index contributed by atoms with van der Waals surface area (Å²) in [6, 6.07) is 0. The molecule has 0 aliphatic heterocycles. The summed E-state index contributed by atoms with van der Waals surface area (Å²) in [6.45, 7) is 20.7. The average molecular weight is 745 g/mol. The normalized spacial score (nSPS) is 47.9. The molecule has 18 atom stereocenters. The summed E-state index contributed by atoms with van der Waals surface area (Å²) < 4.78 is 0. The van der Waals surface area contributed by atoms with Crippen molar-refractivity contribution in [2.24, 2.45) is 118 Å². The van der Waals surface area contributed by atoms with Crippen molar-refractivity contribution < 1.29 is 0 Å². The van der Waals surface area contributed by atoms with Gasteiger partial charge in [0, 0.05) is 0 Å². The van der Waals surface area contributed by atoms with Gasteiger partial charge >= 0.3 is 0 Å². The van der Waals surface area contributed by atoms with E-state index in [2.05, 4.69) is 55.4 Å². The van der Waals surface area contributed by atoms with Gasteiger partial charge in [0.15, 0.2) is 0 Å². The molecule has 54 heavy (non-hydrogen) atoms. The van der Waals surface area contributed by atoms with E-state index in [0.717, 1.165) is 118 Å². The quantitative estimate of drug-likeness (QED) is 0.187. The molecule has 7 rings (SSSR count). The first-order chi connectivity index (χ1) is 26.2. The maximum absolute atomic E-state index is 2.81. The van der Waals surface area contributed by atoms with Gasteiger partial charge in [-0.05, 0) is 195 Å². The molecular weight excluding hydrogens is 649 g/mol. The second-order valence-electron chi connectivity index (χ2n) is 23.3. The van der Waals surface area contributed by atoms with Crippen LogP contribution < -0.4 is 0 Å². The molecular formula is C54H96. The van der Waals surface area contributed by atoms with Crippen LogP contribution in [0.25, 0.3) is 0 Å². The number of hydrogen-bond donors (Lipinski definition) is 0. The molecule has 0 N–H and O–H groups in total. The molecule has 7 aliphatic carbocycles. The standard InChI is InChI=1S/C54H96/c1-9-17-40-32-43(27-25-36(40)5)41-19-16-20-45(33-41)53-48-21-12-14-23-50(48)54(51-24-15-13-22-49(51)53)46-30-29-42(31-38(46)7)44-28-26-37(6)52(34-44)47(18-10-2)39(8)35(4)11-3/h35-54H,9-34H2,1-8H3. The van der Waals surface area contributed by atoms with Crippen molar-refractivity contribution in [3.05, 3.63) is 0 Å². The first-order valence-corrected chi connectivity index (χ1v) is 26.2. The van der Waals surface area contributed by atoms with Crippen molar-refractivity contribution in [3.8, 4) is 0 Å². The van der Waals surface area contributed by atoms with E-state index >= 15 is 0 Å². The van der Waals surface area contributed by atoms with Crippen LogP contribution in [0.2, 0.25) is 0 Å². The highest BCUT2D eigenvalue weighted by Crippen LogP contribution is 2.64. The van der Waals surface area contributed by atoms with E-state index in [1.807, 2.05) is 0 Å². The Morgan fingerprint density at radius 3 is 1.61 bits per heavy atom. The minimum atomic E-state index is 0.880. The monoisotopic (exact) mass is 745 g/mol. The van der Waals surface area contributed by atoms with Gasteiger partial charge in [-0.2, -0.15) is 0 Å². The highest BCUT2D eigenvalue weighted by molar-refractivity contribution is 5.05. The van der Waals surface area contributed by atoms with E-state index in [4.69, 9.17) is 0 Å². The van der Waals surface area contributed by atoms with E-state index in [0.29, 0.717) is 0 Å². The Bertz CT molecular complexity index is 1080. The van der Waals surface area contributed by atoms with Crippen LogP contribution in [0.1, 0.15) is 222 Å². The average Bonchev–Trinajstić information content (AvgIpc) is 3.20. The van der Waals surface area contributed by atoms with Crippen LogP contribution in [0.15, 0.2) is 0 Å². The third-order valence-electron chi connectivity index (χ3n) is 20.9. The largest absolute Gasteiger partial charge is 0.0654 e. The molecule has 0 heteroatoms. The molecule has 18 unspecified atom stereocenters. The minimum absolute atomic E-state index is 0.880. The smallest absolute Gasteiger partial charge is 0.0321 e. The molecule has 0 heterocycles. The molecule has 0 aromatic heterocycles. The van der Waals surface area contributed by atoms with Crippen molar-refractivity contribution in [2.45, 2.75) is 222 Å². The highest BCUT2D eigenvalue weighted by atomic mass is 14.6. The zero-order valence-corrected chi connectivity index (χ0v) is 37.9. The van der Waals surface area contributed by atoms with Gasteiger partial charge in [-0.15, -0.1) is 0 Å². The van der Waals surface area contributed by atoms with E-state index < -0.39 is 0 Å². The van der Waals surface area contributed by atoms with Crippen molar-refractivity contribution in [1.29, 1.82) is 0 Å². The van der Waals surface area contributed by atoms with E-state index in [-0.39, 0.29) is 0 Å². The number of rotatable bonds is 12. The van der Waals surface area contributed by atoms with Gasteiger partial charge in [-0.3, -0.25) is 0 Å². The maximum Gasteiger partial charge on any atom is -0.0321 e. The summed E-state index contributed by atoms with van der Waals surface area (Å²) in [6.07, 6.45) is 40.4. The number of fused-ring (bicyclic) bond motifs is 2. The van der Waals surface area contributed by atoms with Gasteiger partial charge in [0.2, 0.25) is 0 Å². The third-order valence-corrected chi connectivity index (χ3v) is 20.9. The Hall–Kier alpha value is 0. The summed E-state index contributed by atoms with van der Waals surface area (Å²) in [5.74, 6) is 20.6. The van der Waals surface area contributed by atoms with Crippen molar-refractivity contribution in [1.82, 2.24) is 0 Å². The molecule has 0 radical (unpaired) electrons. The lowest BCUT2D eigenvalue weighted by Gasteiger charge is -2.61. The second kappa shape index (κ2) is 19.4. The van der Waals surface area contributed by atoms with Crippen LogP contribution in [0.5, 0.6) is 0 Å². The zero-order valence-electron chi connectivity index (χ0n) is 37.9. The fourth-order valence-electron chi connectivity index (χ4n) is 17.8. The fourth-order valence-corrected chi connectivity index (χ4v) is 17.8. The van der Waals surface area contributed by atoms with Crippen molar-refractivity contribution in [3.63, 3.8) is 0 Å². The summed E-state index contributed by atoms with van der Waals surface area (Å²) >= 11 is 0. The molecule has 0 bridgehead atoms. The lowest BCUT2D eigenvalue weighted by atomic mass is 9.44. The fraction of sp³-hybridized carbons (Fsp3) is 1.00. The van der Waals surface area contributed by atoms with Crippen LogP contribution in [0.4, 0.5) is 0 Å². The maximum atomic E-state index is 2.81. The Kier molecular flexibility index (Phi) is 15.1. The highest BCUT2D eigenvalue weighted by Gasteiger charge is 2.56. The SMILES string of the molecule is CCCC1CC(C2CCCC(C3C4CCCCC4C(C4CCC(C5CCC(C)C(C(CCC)C(C)C(C)CC)C5)CC4C)C4CCCCC43)C2)CCC1C. The van der Waals surface area contributed by atoms with Gasteiger partial charge in [0.05, 0.1) is 0 Å². The molecule has 7 saturated carbocycles.